The van der Waals surface area contributed by atoms with Gasteiger partial charge in [-0.25, -0.2) is 4.39 Å². The summed E-state index contributed by atoms with van der Waals surface area (Å²) in [5.74, 6) is -0.610. The van der Waals surface area contributed by atoms with E-state index in [1.54, 1.807) is 18.2 Å². The lowest BCUT2D eigenvalue weighted by Crippen LogP contribution is -2.29. The summed E-state index contributed by atoms with van der Waals surface area (Å²) in [7, 11) is -1.37. The Labute approximate surface area is 109 Å². The molecular weight excluding hydrogens is 253 g/mol. The van der Waals surface area contributed by atoms with E-state index in [1.165, 1.54) is 6.07 Å². The SMILES string of the molecule is CCCCNC(=O)C[S@@](=O)Cc1ccccc1F. The van der Waals surface area contributed by atoms with Crippen LogP contribution in [0.4, 0.5) is 4.39 Å². The number of amides is 1. The zero-order valence-corrected chi connectivity index (χ0v) is 11.3. The van der Waals surface area contributed by atoms with Gasteiger partial charge in [0.05, 0.1) is 5.75 Å². The van der Waals surface area contributed by atoms with Crippen molar-refractivity contribution in [2.45, 2.75) is 25.5 Å². The maximum absolute atomic E-state index is 13.3. The van der Waals surface area contributed by atoms with Gasteiger partial charge in [-0.2, -0.15) is 0 Å². The van der Waals surface area contributed by atoms with Crippen LogP contribution >= 0.6 is 0 Å². The van der Waals surface area contributed by atoms with Crippen molar-refractivity contribution < 1.29 is 13.4 Å². The summed E-state index contributed by atoms with van der Waals surface area (Å²) >= 11 is 0. The van der Waals surface area contributed by atoms with Gasteiger partial charge in [0.15, 0.2) is 0 Å². The van der Waals surface area contributed by atoms with Crippen molar-refractivity contribution >= 4 is 16.7 Å². The molecule has 1 atom stereocenters. The molecule has 0 bridgehead atoms. The highest BCUT2D eigenvalue weighted by Gasteiger charge is 2.10. The molecular formula is C13H18FNO2S. The summed E-state index contributed by atoms with van der Waals surface area (Å²) in [6, 6.07) is 6.19. The van der Waals surface area contributed by atoms with E-state index in [1.807, 2.05) is 6.92 Å². The molecule has 0 saturated heterocycles. The van der Waals surface area contributed by atoms with Gasteiger partial charge in [-0.15, -0.1) is 0 Å². The second-order valence-electron chi connectivity index (χ2n) is 4.02. The van der Waals surface area contributed by atoms with Crippen LogP contribution < -0.4 is 5.32 Å². The Kier molecular flexibility index (Phi) is 6.57. The monoisotopic (exact) mass is 271 g/mol. The van der Waals surface area contributed by atoms with Crippen LogP contribution in [0.15, 0.2) is 24.3 Å². The number of unbranched alkanes of at least 4 members (excludes halogenated alkanes) is 1. The van der Waals surface area contributed by atoms with Crippen molar-refractivity contribution in [1.82, 2.24) is 5.32 Å². The second kappa shape index (κ2) is 7.97. The van der Waals surface area contributed by atoms with Crippen LogP contribution in [0.5, 0.6) is 0 Å². The highest BCUT2D eigenvalue weighted by Crippen LogP contribution is 2.08. The fourth-order valence-corrected chi connectivity index (χ4v) is 2.52. The third kappa shape index (κ3) is 5.40. The first kappa shape index (κ1) is 14.8. The van der Waals surface area contributed by atoms with Crippen LogP contribution in [0.25, 0.3) is 0 Å². The Hall–Kier alpha value is -1.23. The highest BCUT2D eigenvalue weighted by molar-refractivity contribution is 7.84. The quantitative estimate of drug-likeness (QED) is 0.771. The van der Waals surface area contributed by atoms with Gasteiger partial charge in [0.2, 0.25) is 5.91 Å². The van der Waals surface area contributed by atoms with E-state index in [4.69, 9.17) is 0 Å². The van der Waals surface area contributed by atoms with E-state index in [2.05, 4.69) is 5.32 Å². The molecule has 0 radical (unpaired) electrons. The molecule has 1 aromatic rings. The Bertz CT molecular complexity index is 423. The summed E-state index contributed by atoms with van der Waals surface area (Å²) in [5.41, 5.74) is 0.386. The first-order valence-electron chi connectivity index (χ1n) is 5.98. The zero-order chi connectivity index (χ0) is 13.4. The maximum Gasteiger partial charge on any atom is 0.232 e. The third-order valence-electron chi connectivity index (χ3n) is 2.42. The Morgan fingerprint density at radius 1 is 1.39 bits per heavy atom. The minimum absolute atomic E-state index is 0.0714. The van der Waals surface area contributed by atoms with Gasteiger partial charge in [0.25, 0.3) is 0 Å². The number of halogens is 1. The van der Waals surface area contributed by atoms with E-state index in [9.17, 15) is 13.4 Å². The fourth-order valence-electron chi connectivity index (χ4n) is 1.44. The highest BCUT2D eigenvalue weighted by atomic mass is 32.2. The number of nitrogens with one attached hydrogen (secondary N) is 1. The molecule has 0 aliphatic heterocycles. The Morgan fingerprint density at radius 3 is 2.78 bits per heavy atom. The Balaban J connectivity index is 2.38. The van der Waals surface area contributed by atoms with Crippen molar-refractivity contribution in [1.29, 1.82) is 0 Å². The van der Waals surface area contributed by atoms with E-state index in [0.29, 0.717) is 12.1 Å². The average molecular weight is 271 g/mol. The topological polar surface area (TPSA) is 46.2 Å². The minimum atomic E-state index is -1.37. The lowest BCUT2D eigenvalue weighted by molar-refractivity contribution is -0.118. The van der Waals surface area contributed by atoms with Gasteiger partial charge in [0, 0.05) is 22.9 Å². The van der Waals surface area contributed by atoms with E-state index in [0.717, 1.165) is 12.8 Å². The summed E-state index contributed by atoms with van der Waals surface area (Å²) < 4.78 is 25.0. The molecule has 1 rings (SSSR count). The van der Waals surface area contributed by atoms with Crippen LogP contribution in [0.3, 0.4) is 0 Å². The van der Waals surface area contributed by atoms with Gasteiger partial charge < -0.3 is 5.32 Å². The second-order valence-corrected chi connectivity index (χ2v) is 5.48. The molecule has 1 N–H and O–H groups in total. The van der Waals surface area contributed by atoms with Gasteiger partial charge in [-0.05, 0) is 12.5 Å². The van der Waals surface area contributed by atoms with Gasteiger partial charge in [-0.1, -0.05) is 31.5 Å². The molecule has 5 heteroatoms. The summed E-state index contributed by atoms with van der Waals surface area (Å²) in [5, 5.41) is 2.69. The van der Waals surface area contributed by atoms with E-state index >= 15 is 0 Å². The lowest BCUT2D eigenvalue weighted by atomic mass is 10.2. The predicted octanol–water partition coefficient (Wildman–Crippen LogP) is 1.99. The fraction of sp³-hybridized carbons (Fsp3) is 0.462. The molecule has 0 aromatic heterocycles. The summed E-state index contributed by atoms with van der Waals surface area (Å²) in [6.07, 6.45) is 1.91. The van der Waals surface area contributed by atoms with Crippen molar-refractivity contribution in [2.24, 2.45) is 0 Å². The molecule has 0 unspecified atom stereocenters. The number of benzene rings is 1. The van der Waals surface area contributed by atoms with Crippen LogP contribution in [-0.2, 0) is 21.3 Å². The van der Waals surface area contributed by atoms with Crippen molar-refractivity contribution in [3.05, 3.63) is 35.6 Å². The summed E-state index contributed by atoms with van der Waals surface area (Å²) in [6.45, 7) is 2.63. The Morgan fingerprint density at radius 2 is 2.11 bits per heavy atom. The molecule has 100 valence electrons. The van der Waals surface area contributed by atoms with Gasteiger partial charge in [-0.3, -0.25) is 9.00 Å². The lowest BCUT2D eigenvalue weighted by Gasteiger charge is -2.05. The van der Waals surface area contributed by atoms with Crippen LogP contribution in [-0.4, -0.2) is 22.4 Å². The largest absolute Gasteiger partial charge is 0.355 e. The molecule has 18 heavy (non-hydrogen) atoms. The molecule has 0 aliphatic rings. The van der Waals surface area contributed by atoms with Crippen LogP contribution in [0.1, 0.15) is 25.3 Å². The van der Waals surface area contributed by atoms with Crippen molar-refractivity contribution in [3.8, 4) is 0 Å². The average Bonchev–Trinajstić information content (AvgIpc) is 2.32. The molecule has 0 fully saturated rings. The van der Waals surface area contributed by atoms with E-state index in [-0.39, 0.29) is 23.2 Å². The molecule has 0 aliphatic carbocycles. The van der Waals surface area contributed by atoms with E-state index < -0.39 is 10.8 Å². The first-order valence-corrected chi connectivity index (χ1v) is 7.47. The zero-order valence-electron chi connectivity index (χ0n) is 10.4. The number of carbonyl (C=O) groups is 1. The summed E-state index contributed by atoms with van der Waals surface area (Å²) in [4.78, 5) is 11.4. The van der Waals surface area contributed by atoms with Crippen molar-refractivity contribution in [2.75, 3.05) is 12.3 Å². The van der Waals surface area contributed by atoms with Gasteiger partial charge in [0.1, 0.15) is 11.6 Å². The molecule has 0 spiro atoms. The van der Waals surface area contributed by atoms with Crippen LogP contribution in [0.2, 0.25) is 0 Å². The minimum Gasteiger partial charge on any atom is -0.355 e. The number of rotatable bonds is 7. The number of hydrogen-bond acceptors (Lipinski definition) is 2. The molecule has 0 saturated carbocycles. The molecule has 1 aromatic carbocycles. The smallest absolute Gasteiger partial charge is 0.232 e. The predicted molar refractivity (Wildman–Crippen MR) is 71.0 cm³/mol. The first-order chi connectivity index (χ1) is 8.63. The number of carbonyl (C=O) groups excluding carboxylic acids is 1. The standard InChI is InChI=1S/C13H18FNO2S/c1-2-3-8-15-13(16)10-18(17)9-11-6-4-5-7-12(11)14/h4-7H,2-3,8-10H2,1H3,(H,15,16)/t18-/m0/s1. The van der Waals surface area contributed by atoms with Crippen molar-refractivity contribution in [3.63, 3.8) is 0 Å². The van der Waals surface area contributed by atoms with Gasteiger partial charge >= 0.3 is 0 Å². The number of hydrogen-bond donors (Lipinski definition) is 1. The molecule has 3 nitrogen and oxygen atoms in total. The molecule has 1 amide bonds. The van der Waals surface area contributed by atoms with Crippen LogP contribution in [0, 0.1) is 5.82 Å². The third-order valence-corrected chi connectivity index (χ3v) is 3.64. The normalized spacial score (nSPS) is 12.1. The maximum atomic E-state index is 13.3. The molecule has 0 heterocycles.